The molecule has 19 heavy (non-hydrogen) atoms. The summed E-state index contributed by atoms with van der Waals surface area (Å²) in [7, 11) is 0. The van der Waals surface area contributed by atoms with E-state index in [1.54, 1.807) is 18.2 Å². The summed E-state index contributed by atoms with van der Waals surface area (Å²) in [6.07, 6.45) is 0. The van der Waals surface area contributed by atoms with Gasteiger partial charge in [0.05, 0.1) is 5.56 Å². The summed E-state index contributed by atoms with van der Waals surface area (Å²) >= 11 is 5.70. The Morgan fingerprint density at radius 2 is 2.05 bits per heavy atom. The predicted octanol–water partition coefficient (Wildman–Crippen LogP) is 3.52. The lowest BCUT2D eigenvalue weighted by molar-refractivity contribution is 0.102. The zero-order valence-corrected chi connectivity index (χ0v) is 10.6. The van der Waals surface area contributed by atoms with Crippen LogP contribution < -0.4 is 5.32 Å². The van der Waals surface area contributed by atoms with E-state index in [0.717, 1.165) is 17.7 Å². The van der Waals surface area contributed by atoms with Crippen molar-refractivity contribution in [1.29, 1.82) is 0 Å². The van der Waals surface area contributed by atoms with Gasteiger partial charge in [-0.15, -0.1) is 11.6 Å². The minimum atomic E-state index is -0.599. The molecule has 0 heterocycles. The highest BCUT2D eigenvalue weighted by Crippen LogP contribution is 2.20. The van der Waals surface area contributed by atoms with Crippen LogP contribution in [0.25, 0.3) is 0 Å². The number of amides is 1. The number of nitrogens with one attached hydrogen (secondary N) is 1. The molecule has 0 saturated heterocycles. The molecule has 0 aliphatic heterocycles. The molecule has 0 spiro atoms. The van der Waals surface area contributed by atoms with Gasteiger partial charge in [-0.3, -0.25) is 4.79 Å². The smallest absolute Gasteiger partial charge is 0.259 e. The molecule has 0 aliphatic carbocycles. The van der Waals surface area contributed by atoms with Gasteiger partial charge in [-0.1, -0.05) is 12.1 Å². The average molecular weight is 280 g/mol. The van der Waals surface area contributed by atoms with Gasteiger partial charge in [0.25, 0.3) is 5.91 Å². The SMILES string of the molecule is O=C(Nc1cccc(CCl)c1)c1ccc(F)cc1O. The topological polar surface area (TPSA) is 49.3 Å². The van der Waals surface area contributed by atoms with E-state index in [-0.39, 0.29) is 5.56 Å². The standard InChI is InChI=1S/C14H11ClFNO2/c15-8-9-2-1-3-11(6-9)17-14(19)12-5-4-10(16)7-13(12)18/h1-7,18H,8H2,(H,17,19). The van der Waals surface area contributed by atoms with E-state index in [0.29, 0.717) is 11.6 Å². The zero-order valence-electron chi connectivity index (χ0n) is 9.86. The van der Waals surface area contributed by atoms with E-state index < -0.39 is 17.5 Å². The molecule has 2 N–H and O–H groups in total. The quantitative estimate of drug-likeness (QED) is 0.845. The molecular formula is C14H11ClFNO2. The number of phenolic OH excluding ortho intramolecular Hbond substituents is 1. The van der Waals surface area contributed by atoms with Crippen molar-refractivity contribution in [3.05, 3.63) is 59.4 Å². The van der Waals surface area contributed by atoms with Gasteiger partial charge in [0.1, 0.15) is 11.6 Å². The van der Waals surface area contributed by atoms with Gasteiger partial charge in [0.2, 0.25) is 0 Å². The van der Waals surface area contributed by atoms with Gasteiger partial charge in [-0.05, 0) is 29.8 Å². The minimum absolute atomic E-state index is 0.0117. The molecule has 2 aromatic carbocycles. The van der Waals surface area contributed by atoms with E-state index in [9.17, 15) is 14.3 Å². The summed E-state index contributed by atoms with van der Waals surface area (Å²) in [5.41, 5.74) is 1.44. The molecule has 0 fully saturated rings. The number of halogens is 2. The van der Waals surface area contributed by atoms with E-state index >= 15 is 0 Å². The van der Waals surface area contributed by atoms with Crippen LogP contribution in [0.5, 0.6) is 5.75 Å². The lowest BCUT2D eigenvalue weighted by Crippen LogP contribution is -2.12. The molecule has 2 rings (SSSR count). The van der Waals surface area contributed by atoms with Crippen LogP contribution in [0, 0.1) is 5.82 Å². The number of rotatable bonds is 3. The van der Waals surface area contributed by atoms with Crippen LogP contribution in [-0.2, 0) is 5.88 Å². The summed E-state index contributed by atoms with van der Waals surface area (Å²) in [5.74, 6) is -1.17. The highest BCUT2D eigenvalue weighted by molar-refractivity contribution is 6.17. The van der Waals surface area contributed by atoms with Gasteiger partial charge in [-0.2, -0.15) is 0 Å². The molecule has 0 aliphatic rings. The third-order valence-electron chi connectivity index (χ3n) is 2.54. The minimum Gasteiger partial charge on any atom is -0.507 e. The van der Waals surface area contributed by atoms with E-state index in [4.69, 9.17) is 11.6 Å². The normalized spacial score (nSPS) is 10.2. The fraction of sp³-hybridized carbons (Fsp3) is 0.0714. The zero-order chi connectivity index (χ0) is 13.8. The number of alkyl halides is 1. The highest BCUT2D eigenvalue weighted by atomic mass is 35.5. The Balaban J connectivity index is 2.20. The molecule has 5 heteroatoms. The first-order valence-corrected chi connectivity index (χ1v) is 6.08. The number of benzene rings is 2. The number of carbonyl (C=O) groups excluding carboxylic acids is 1. The number of phenols is 1. The van der Waals surface area contributed by atoms with Crippen molar-refractivity contribution in [2.24, 2.45) is 0 Å². The Labute approximate surface area is 114 Å². The molecule has 0 unspecified atom stereocenters. The van der Waals surface area contributed by atoms with Crippen molar-refractivity contribution < 1.29 is 14.3 Å². The molecule has 0 atom stereocenters. The van der Waals surface area contributed by atoms with E-state index in [1.807, 2.05) is 6.07 Å². The van der Waals surface area contributed by atoms with Crippen LogP contribution in [-0.4, -0.2) is 11.0 Å². The van der Waals surface area contributed by atoms with Gasteiger partial charge in [-0.25, -0.2) is 4.39 Å². The maximum Gasteiger partial charge on any atom is 0.259 e. The fourth-order valence-electron chi connectivity index (χ4n) is 1.63. The molecular weight excluding hydrogens is 269 g/mol. The maximum atomic E-state index is 12.8. The average Bonchev–Trinajstić information content (AvgIpc) is 2.38. The maximum absolute atomic E-state index is 12.8. The molecule has 0 radical (unpaired) electrons. The lowest BCUT2D eigenvalue weighted by Gasteiger charge is -2.07. The number of carbonyl (C=O) groups is 1. The first-order chi connectivity index (χ1) is 9.10. The van der Waals surface area contributed by atoms with Gasteiger partial charge in [0, 0.05) is 17.6 Å². The summed E-state index contributed by atoms with van der Waals surface area (Å²) in [5, 5.41) is 12.1. The molecule has 98 valence electrons. The van der Waals surface area contributed by atoms with Crippen LogP contribution in [0.1, 0.15) is 15.9 Å². The summed E-state index contributed by atoms with van der Waals surface area (Å²) in [4.78, 5) is 11.9. The predicted molar refractivity (Wildman–Crippen MR) is 72.0 cm³/mol. The molecule has 2 aromatic rings. The van der Waals surface area contributed by atoms with Gasteiger partial charge in [0.15, 0.2) is 0 Å². The van der Waals surface area contributed by atoms with Crippen LogP contribution in [0.3, 0.4) is 0 Å². The first-order valence-electron chi connectivity index (χ1n) is 5.55. The van der Waals surface area contributed by atoms with Crippen molar-refractivity contribution in [3.63, 3.8) is 0 Å². The highest BCUT2D eigenvalue weighted by Gasteiger charge is 2.12. The number of anilines is 1. The van der Waals surface area contributed by atoms with Crippen molar-refractivity contribution in [1.82, 2.24) is 0 Å². The monoisotopic (exact) mass is 279 g/mol. The Bertz CT molecular complexity index is 616. The molecule has 3 nitrogen and oxygen atoms in total. The number of hydrogen-bond acceptors (Lipinski definition) is 2. The van der Waals surface area contributed by atoms with Crippen molar-refractivity contribution in [2.75, 3.05) is 5.32 Å². The van der Waals surface area contributed by atoms with Crippen molar-refractivity contribution in [2.45, 2.75) is 5.88 Å². The molecule has 0 aromatic heterocycles. The largest absolute Gasteiger partial charge is 0.507 e. The Morgan fingerprint density at radius 1 is 1.26 bits per heavy atom. The first kappa shape index (κ1) is 13.4. The molecule has 0 saturated carbocycles. The second kappa shape index (κ2) is 5.71. The number of hydrogen-bond donors (Lipinski definition) is 2. The van der Waals surface area contributed by atoms with Crippen molar-refractivity contribution in [3.8, 4) is 5.75 Å². The van der Waals surface area contributed by atoms with Crippen LogP contribution in [0.4, 0.5) is 10.1 Å². The van der Waals surface area contributed by atoms with Crippen molar-refractivity contribution >= 4 is 23.2 Å². The lowest BCUT2D eigenvalue weighted by atomic mass is 10.1. The third kappa shape index (κ3) is 3.23. The van der Waals surface area contributed by atoms with Crippen LogP contribution in [0.15, 0.2) is 42.5 Å². The Morgan fingerprint density at radius 3 is 2.74 bits per heavy atom. The Kier molecular flexibility index (Phi) is 4.02. The van der Waals surface area contributed by atoms with E-state index in [1.165, 1.54) is 6.07 Å². The van der Waals surface area contributed by atoms with E-state index in [2.05, 4.69) is 5.32 Å². The van der Waals surface area contributed by atoms with Gasteiger partial charge >= 0.3 is 0 Å². The number of aromatic hydroxyl groups is 1. The molecule has 1 amide bonds. The molecule has 0 bridgehead atoms. The Hall–Kier alpha value is -2.07. The summed E-state index contributed by atoms with van der Waals surface area (Å²) < 4.78 is 12.8. The van der Waals surface area contributed by atoms with Crippen LogP contribution in [0.2, 0.25) is 0 Å². The second-order valence-electron chi connectivity index (χ2n) is 3.95. The fourth-order valence-corrected chi connectivity index (χ4v) is 1.79. The third-order valence-corrected chi connectivity index (χ3v) is 2.85. The van der Waals surface area contributed by atoms with Gasteiger partial charge < -0.3 is 10.4 Å². The second-order valence-corrected chi connectivity index (χ2v) is 4.22. The summed E-state index contributed by atoms with van der Waals surface area (Å²) in [6.45, 7) is 0. The summed E-state index contributed by atoms with van der Waals surface area (Å²) in [6, 6.07) is 10.3. The van der Waals surface area contributed by atoms with Crippen LogP contribution >= 0.6 is 11.6 Å².